The van der Waals surface area contributed by atoms with Crippen LogP contribution in [0.1, 0.15) is 58.6 Å². The van der Waals surface area contributed by atoms with Crippen molar-refractivity contribution in [3.05, 3.63) is 114 Å². The molecule has 7 rings (SSSR count). The number of fused-ring (bicyclic) bond motifs is 1. The van der Waals surface area contributed by atoms with Gasteiger partial charge < -0.3 is 10.2 Å². The summed E-state index contributed by atoms with van der Waals surface area (Å²) < 4.78 is 0. The van der Waals surface area contributed by atoms with Crippen LogP contribution in [0.4, 0.5) is 0 Å². The number of guanidine groups is 1. The highest BCUT2D eigenvalue weighted by atomic mass is 16.2. The highest BCUT2D eigenvalue weighted by molar-refractivity contribution is 6.02. The maximum Gasteiger partial charge on any atom is 0.255 e. The number of amides is 2. The summed E-state index contributed by atoms with van der Waals surface area (Å²) in [5, 5.41) is 12.4. The number of carbonyl (C=O) groups excluding carboxylic acids is 2. The Balaban J connectivity index is 1.17. The molecule has 2 aromatic heterocycles. The summed E-state index contributed by atoms with van der Waals surface area (Å²) in [5.41, 5.74) is 5.04. The summed E-state index contributed by atoms with van der Waals surface area (Å²) in [5.74, 6) is 0.436. The third-order valence-corrected chi connectivity index (χ3v) is 8.52. The minimum atomic E-state index is -0.577. The lowest BCUT2D eigenvalue weighted by atomic mass is 9.80. The van der Waals surface area contributed by atoms with Crippen molar-refractivity contribution in [2.45, 2.75) is 50.9 Å². The van der Waals surface area contributed by atoms with Crippen molar-refractivity contribution in [2.75, 3.05) is 0 Å². The molecule has 42 heavy (non-hydrogen) atoms. The fraction of sp³-hybridized carbons (Fsp3) is 0.273. The lowest BCUT2D eigenvalue weighted by molar-refractivity contribution is -0.131. The summed E-state index contributed by atoms with van der Waals surface area (Å²) in [4.78, 5) is 43.8. The third-order valence-electron chi connectivity index (χ3n) is 8.52. The van der Waals surface area contributed by atoms with E-state index >= 15 is 0 Å². The molecule has 2 amide bonds. The highest BCUT2D eigenvalue weighted by Gasteiger charge is 2.45. The number of benzene rings is 2. The minimum absolute atomic E-state index is 0.0916. The van der Waals surface area contributed by atoms with Gasteiger partial charge in [0.05, 0.1) is 43.0 Å². The topological polar surface area (TPSA) is 115 Å². The molecule has 0 bridgehead atoms. The Hall–Kier alpha value is -4.92. The lowest BCUT2D eigenvalue weighted by Gasteiger charge is -2.43. The van der Waals surface area contributed by atoms with Crippen LogP contribution in [0.2, 0.25) is 0 Å². The predicted molar refractivity (Wildman–Crippen MR) is 157 cm³/mol. The average molecular weight is 558 g/mol. The van der Waals surface area contributed by atoms with Gasteiger partial charge in [-0.3, -0.25) is 34.9 Å². The Morgan fingerprint density at radius 1 is 0.952 bits per heavy atom. The molecule has 1 atom stereocenters. The fourth-order valence-corrected chi connectivity index (χ4v) is 6.19. The molecular formula is C33H31N7O2. The zero-order valence-corrected chi connectivity index (χ0v) is 23.2. The lowest BCUT2D eigenvalue weighted by Crippen LogP contribution is -2.60. The smallest absolute Gasteiger partial charge is 0.255 e. The molecule has 0 spiro atoms. The van der Waals surface area contributed by atoms with Gasteiger partial charge in [0.2, 0.25) is 5.91 Å². The Morgan fingerprint density at radius 2 is 1.67 bits per heavy atom. The molecule has 4 aromatic rings. The van der Waals surface area contributed by atoms with E-state index in [4.69, 9.17) is 5.41 Å². The first-order valence-electron chi connectivity index (χ1n) is 14.3. The van der Waals surface area contributed by atoms with Crippen molar-refractivity contribution in [3.63, 3.8) is 0 Å². The van der Waals surface area contributed by atoms with Gasteiger partial charge in [-0.25, -0.2) is 0 Å². The van der Waals surface area contributed by atoms with E-state index in [0.717, 1.165) is 52.9 Å². The Labute approximate surface area is 244 Å². The molecule has 4 heterocycles. The van der Waals surface area contributed by atoms with E-state index in [1.807, 2.05) is 60.7 Å². The van der Waals surface area contributed by atoms with Crippen molar-refractivity contribution in [1.29, 1.82) is 5.41 Å². The van der Waals surface area contributed by atoms with Crippen LogP contribution >= 0.6 is 0 Å². The summed E-state index contributed by atoms with van der Waals surface area (Å²) in [6.45, 7) is 0.979. The van der Waals surface area contributed by atoms with Crippen LogP contribution in [0.5, 0.6) is 0 Å². The van der Waals surface area contributed by atoms with E-state index in [9.17, 15) is 9.59 Å². The molecule has 9 nitrogen and oxygen atoms in total. The standard InChI is InChI=1S/C33H31N7O2/c34-32-38-33(17-22-6-7-22,25-4-2-1-3-5-25)18-30(41)40(32)19-23-8-9-26(24-10-12-35-13-11-24)27(16-23)31(42)39-20-28-29(21-39)37-15-14-36-28/h1-5,8-16,22H,6-7,17-21H2,(H2,34,38)/t33-/m0/s1. The summed E-state index contributed by atoms with van der Waals surface area (Å²) in [6.07, 6.45) is 10.1. The van der Waals surface area contributed by atoms with Crippen molar-refractivity contribution in [3.8, 4) is 11.1 Å². The van der Waals surface area contributed by atoms with Gasteiger partial charge in [-0.05, 0) is 52.8 Å². The fourth-order valence-electron chi connectivity index (χ4n) is 6.19. The number of nitrogens with one attached hydrogen (secondary N) is 2. The zero-order valence-electron chi connectivity index (χ0n) is 23.2. The van der Waals surface area contributed by atoms with E-state index in [1.54, 1.807) is 29.7 Å². The molecular weight excluding hydrogens is 526 g/mol. The van der Waals surface area contributed by atoms with Crippen molar-refractivity contribution < 1.29 is 9.59 Å². The predicted octanol–water partition coefficient (Wildman–Crippen LogP) is 4.65. The molecule has 3 aliphatic rings. The van der Waals surface area contributed by atoms with Crippen LogP contribution in [0, 0.1) is 11.3 Å². The largest absolute Gasteiger partial charge is 0.346 e. The van der Waals surface area contributed by atoms with E-state index in [0.29, 0.717) is 24.6 Å². The summed E-state index contributed by atoms with van der Waals surface area (Å²) in [6, 6.07) is 19.5. The van der Waals surface area contributed by atoms with Gasteiger partial charge in [0.1, 0.15) is 0 Å². The number of rotatable bonds is 7. The van der Waals surface area contributed by atoms with Gasteiger partial charge in [-0.15, -0.1) is 0 Å². The average Bonchev–Trinajstić information content (AvgIpc) is 3.72. The molecule has 210 valence electrons. The molecule has 1 saturated heterocycles. The van der Waals surface area contributed by atoms with Gasteiger partial charge in [0, 0.05) is 30.4 Å². The van der Waals surface area contributed by atoms with Gasteiger partial charge in [0.25, 0.3) is 5.91 Å². The monoisotopic (exact) mass is 557 g/mol. The first kappa shape index (κ1) is 26.0. The normalized spacial score (nSPS) is 19.9. The number of aromatic nitrogens is 3. The second kappa shape index (κ2) is 10.5. The van der Waals surface area contributed by atoms with Gasteiger partial charge in [-0.2, -0.15) is 0 Å². The zero-order chi connectivity index (χ0) is 28.7. The SMILES string of the molecule is N=C1N[C@](CC2CC2)(c2ccccc2)CC(=O)N1Cc1ccc(-c2ccncc2)c(C(=O)N2Cc3nccnc3C2)c1. The van der Waals surface area contributed by atoms with E-state index in [-0.39, 0.29) is 30.7 Å². The molecule has 2 aliphatic heterocycles. The molecule has 2 N–H and O–H groups in total. The van der Waals surface area contributed by atoms with Gasteiger partial charge >= 0.3 is 0 Å². The van der Waals surface area contributed by atoms with E-state index < -0.39 is 5.54 Å². The quantitative estimate of drug-likeness (QED) is 0.342. The Bertz CT molecular complexity index is 1630. The van der Waals surface area contributed by atoms with Crippen molar-refractivity contribution in [1.82, 2.24) is 30.1 Å². The number of hydrogen-bond donors (Lipinski definition) is 2. The van der Waals surface area contributed by atoms with Crippen molar-refractivity contribution >= 4 is 17.8 Å². The third kappa shape index (κ3) is 4.91. The summed E-state index contributed by atoms with van der Waals surface area (Å²) in [7, 11) is 0. The van der Waals surface area contributed by atoms with Crippen LogP contribution < -0.4 is 5.32 Å². The van der Waals surface area contributed by atoms with Crippen molar-refractivity contribution in [2.24, 2.45) is 5.92 Å². The number of carbonyl (C=O) groups is 2. The Morgan fingerprint density at radius 3 is 2.33 bits per heavy atom. The number of nitrogens with zero attached hydrogens (tertiary/aromatic N) is 5. The van der Waals surface area contributed by atoms with E-state index in [2.05, 4.69) is 20.3 Å². The molecule has 1 saturated carbocycles. The molecule has 2 aromatic carbocycles. The molecule has 0 unspecified atom stereocenters. The number of hydrogen-bond acceptors (Lipinski definition) is 6. The second-order valence-corrected chi connectivity index (χ2v) is 11.5. The van der Waals surface area contributed by atoms with Gasteiger partial charge in [0.15, 0.2) is 5.96 Å². The van der Waals surface area contributed by atoms with Crippen LogP contribution in [-0.2, 0) is 30.0 Å². The van der Waals surface area contributed by atoms with Crippen LogP contribution in [0.3, 0.4) is 0 Å². The second-order valence-electron chi connectivity index (χ2n) is 11.5. The van der Waals surface area contributed by atoms with Gasteiger partial charge in [-0.1, -0.05) is 55.3 Å². The van der Waals surface area contributed by atoms with E-state index in [1.165, 1.54) is 4.90 Å². The maximum atomic E-state index is 14.0. The molecule has 1 aliphatic carbocycles. The van der Waals surface area contributed by atoms with Crippen LogP contribution in [0.25, 0.3) is 11.1 Å². The maximum absolute atomic E-state index is 14.0. The van der Waals surface area contributed by atoms with Crippen LogP contribution in [-0.4, -0.2) is 42.5 Å². The molecule has 9 heteroatoms. The summed E-state index contributed by atoms with van der Waals surface area (Å²) >= 11 is 0. The van der Waals surface area contributed by atoms with Crippen LogP contribution in [0.15, 0.2) is 85.5 Å². The molecule has 0 radical (unpaired) electrons. The molecule has 2 fully saturated rings. The Kier molecular flexibility index (Phi) is 6.49. The first-order chi connectivity index (χ1) is 20.5. The number of pyridine rings is 1. The first-order valence-corrected chi connectivity index (χ1v) is 14.3. The highest BCUT2D eigenvalue weighted by Crippen LogP contribution is 2.44. The minimum Gasteiger partial charge on any atom is -0.346 e.